The molecule has 0 aromatic carbocycles. The van der Waals surface area contributed by atoms with Crippen molar-refractivity contribution >= 4 is 5.97 Å². The van der Waals surface area contributed by atoms with Crippen LogP contribution in [0.3, 0.4) is 0 Å². The summed E-state index contributed by atoms with van der Waals surface area (Å²) in [4.78, 5) is 15.9. The summed E-state index contributed by atoms with van der Waals surface area (Å²) in [5.74, 6) is -0.747. The second-order valence-electron chi connectivity index (χ2n) is 4.15. The van der Waals surface area contributed by atoms with E-state index in [1.54, 1.807) is 12.1 Å². The molecule has 5 nitrogen and oxygen atoms in total. The van der Waals surface area contributed by atoms with Gasteiger partial charge in [0.1, 0.15) is 6.10 Å². The average molecular weight is 201 g/mol. The lowest BCUT2D eigenvalue weighted by Crippen LogP contribution is -2.38. The normalized spacial score (nSPS) is 37.5. The van der Waals surface area contributed by atoms with Crippen molar-refractivity contribution < 1.29 is 19.1 Å². The molecule has 1 unspecified atom stereocenters. The van der Waals surface area contributed by atoms with Crippen LogP contribution in [-0.2, 0) is 19.1 Å². The van der Waals surface area contributed by atoms with Crippen molar-refractivity contribution in [3.63, 3.8) is 0 Å². The number of ether oxygens (including phenoxy) is 2. The van der Waals surface area contributed by atoms with Crippen LogP contribution in [0.4, 0.5) is 0 Å². The largest absolute Gasteiger partial charge is 0.368 e. The maximum absolute atomic E-state index is 11.0. The van der Waals surface area contributed by atoms with Crippen molar-refractivity contribution in [1.29, 1.82) is 0 Å². The predicted octanol–water partition coefficient (Wildman–Crippen LogP) is 0.300. The number of nitrogens with zero attached hydrogens (tertiary/aromatic N) is 1. The molecule has 0 spiro atoms. The van der Waals surface area contributed by atoms with Crippen LogP contribution in [0.5, 0.6) is 0 Å². The molecule has 0 aliphatic carbocycles. The highest BCUT2D eigenvalue weighted by molar-refractivity contribution is 5.71. The van der Waals surface area contributed by atoms with Crippen molar-refractivity contribution in [3.8, 4) is 0 Å². The Hall–Kier alpha value is -0.650. The van der Waals surface area contributed by atoms with E-state index in [2.05, 4.69) is 0 Å². The Morgan fingerprint density at radius 1 is 1.50 bits per heavy atom. The highest BCUT2D eigenvalue weighted by atomic mass is 16.8. The number of hydroxylamine groups is 2. The third kappa shape index (κ3) is 1.75. The zero-order valence-corrected chi connectivity index (χ0v) is 8.65. The smallest absolute Gasteiger partial charge is 0.326 e. The van der Waals surface area contributed by atoms with Gasteiger partial charge in [-0.1, -0.05) is 0 Å². The maximum Gasteiger partial charge on any atom is 0.326 e. The van der Waals surface area contributed by atoms with Crippen molar-refractivity contribution in [2.45, 2.75) is 38.2 Å². The SMILES string of the molecule is CN1OC(=O)CC1[C@H]1COC(C)(C)O1. The standard InChI is InChI=1S/C9H15NO4/c1-9(2)12-5-7(13-9)6-4-8(11)14-10(6)3/h6-7H,4-5H2,1-3H3/t6?,7-/m1/s1. The zero-order chi connectivity index (χ0) is 10.3. The highest BCUT2D eigenvalue weighted by Crippen LogP contribution is 2.29. The number of likely N-dealkylation sites (N-methyl/N-ethyl adjacent to an activating group) is 1. The second kappa shape index (κ2) is 3.18. The molecular formula is C9H15NO4. The molecule has 5 heteroatoms. The van der Waals surface area contributed by atoms with Crippen LogP contribution < -0.4 is 0 Å². The molecular weight excluding hydrogens is 186 g/mol. The third-order valence-electron chi connectivity index (χ3n) is 2.55. The molecule has 2 saturated heterocycles. The quantitative estimate of drug-likeness (QED) is 0.610. The first-order valence-electron chi connectivity index (χ1n) is 4.73. The van der Waals surface area contributed by atoms with Crippen LogP contribution >= 0.6 is 0 Å². The lowest BCUT2D eigenvalue weighted by atomic mass is 10.1. The van der Waals surface area contributed by atoms with E-state index in [4.69, 9.17) is 14.3 Å². The predicted molar refractivity (Wildman–Crippen MR) is 47.2 cm³/mol. The van der Waals surface area contributed by atoms with Gasteiger partial charge in [-0.2, -0.15) is 0 Å². The highest BCUT2D eigenvalue weighted by Gasteiger charge is 2.43. The minimum absolute atomic E-state index is 0.0238. The van der Waals surface area contributed by atoms with Crippen molar-refractivity contribution in [1.82, 2.24) is 5.06 Å². The molecule has 2 rings (SSSR count). The summed E-state index contributed by atoms with van der Waals surface area (Å²) in [5.41, 5.74) is 0. The number of carbonyl (C=O) groups is 1. The van der Waals surface area contributed by atoms with Gasteiger partial charge in [-0.3, -0.25) is 4.79 Å². The molecule has 14 heavy (non-hydrogen) atoms. The first kappa shape index (κ1) is 9.89. The molecule has 0 amide bonds. The van der Waals surface area contributed by atoms with E-state index >= 15 is 0 Å². The van der Waals surface area contributed by atoms with Crippen molar-refractivity contribution in [2.24, 2.45) is 0 Å². The Labute approximate surface area is 82.9 Å². The zero-order valence-electron chi connectivity index (χ0n) is 8.65. The van der Waals surface area contributed by atoms with Gasteiger partial charge in [0.25, 0.3) is 0 Å². The summed E-state index contributed by atoms with van der Waals surface area (Å²) >= 11 is 0. The van der Waals surface area contributed by atoms with Gasteiger partial charge in [-0.15, -0.1) is 5.06 Å². The van der Waals surface area contributed by atoms with Gasteiger partial charge in [0.05, 0.1) is 19.1 Å². The van der Waals surface area contributed by atoms with Gasteiger partial charge < -0.3 is 14.3 Å². The Morgan fingerprint density at radius 2 is 2.21 bits per heavy atom. The fourth-order valence-electron chi connectivity index (χ4n) is 1.84. The lowest BCUT2D eigenvalue weighted by Gasteiger charge is -2.22. The van der Waals surface area contributed by atoms with E-state index < -0.39 is 5.79 Å². The van der Waals surface area contributed by atoms with Crippen LogP contribution in [0.25, 0.3) is 0 Å². The monoisotopic (exact) mass is 201 g/mol. The van der Waals surface area contributed by atoms with Crippen molar-refractivity contribution in [3.05, 3.63) is 0 Å². The minimum atomic E-state index is -0.544. The average Bonchev–Trinajstić information content (AvgIpc) is 2.55. The van der Waals surface area contributed by atoms with Crippen LogP contribution in [0.2, 0.25) is 0 Å². The molecule has 2 aliphatic rings. The summed E-state index contributed by atoms with van der Waals surface area (Å²) in [7, 11) is 1.74. The first-order valence-corrected chi connectivity index (χ1v) is 4.73. The summed E-state index contributed by atoms with van der Waals surface area (Å²) in [6.45, 7) is 4.24. The van der Waals surface area contributed by atoms with E-state index in [-0.39, 0.29) is 18.1 Å². The minimum Gasteiger partial charge on any atom is -0.368 e. The van der Waals surface area contributed by atoms with Gasteiger partial charge in [0.15, 0.2) is 5.79 Å². The van der Waals surface area contributed by atoms with Crippen LogP contribution in [-0.4, -0.2) is 42.6 Å². The fourth-order valence-corrected chi connectivity index (χ4v) is 1.84. The maximum atomic E-state index is 11.0. The molecule has 80 valence electrons. The van der Waals surface area contributed by atoms with Gasteiger partial charge in [-0.05, 0) is 13.8 Å². The van der Waals surface area contributed by atoms with E-state index in [1.807, 2.05) is 13.8 Å². The molecule has 2 fully saturated rings. The Morgan fingerprint density at radius 3 is 2.64 bits per heavy atom. The van der Waals surface area contributed by atoms with E-state index in [9.17, 15) is 4.79 Å². The fraction of sp³-hybridized carbons (Fsp3) is 0.889. The summed E-state index contributed by atoms with van der Waals surface area (Å²) in [5, 5.41) is 1.55. The second-order valence-corrected chi connectivity index (χ2v) is 4.15. The van der Waals surface area contributed by atoms with Crippen molar-refractivity contribution in [2.75, 3.05) is 13.7 Å². The molecule has 2 aliphatic heterocycles. The van der Waals surface area contributed by atoms with E-state index in [1.165, 1.54) is 0 Å². The summed E-state index contributed by atoms with van der Waals surface area (Å²) in [6, 6.07) is -0.0238. The molecule has 2 atom stereocenters. The molecule has 0 radical (unpaired) electrons. The summed E-state index contributed by atoms with van der Waals surface area (Å²) < 4.78 is 11.1. The van der Waals surface area contributed by atoms with Crippen LogP contribution in [0.1, 0.15) is 20.3 Å². The molecule has 0 bridgehead atoms. The Balaban J connectivity index is 2.00. The van der Waals surface area contributed by atoms with E-state index in [0.29, 0.717) is 13.0 Å². The van der Waals surface area contributed by atoms with E-state index in [0.717, 1.165) is 0 Å². The summed E-state index contributed by atoms with van der Waals surface area (Å²) in [6.07, 6.45) is 0.294. The van der Waals surface area contributed by atoms with Crippen LogP contribution in [0, 0.1) is 0 Å². The molecule has 2 heterocycles. The van der Waals surface area contributed by atoms with Gasteiger partial charge in [-0.25, -0.2) is 0 Å². The lowest BCUT2D eigenvalue weighted by molar-refractivity contribution is -0.180. The van der Waals surface area contributed by atoms with Gasteiger partial charge in [0, 0.05) is 7.05 Å². The topological polar surface area (TPSA) is 48.0 Å². The number of carbonyl (C=O) groups excluding carboxylic acids is 1. The Bertz CT molecular complexity index is 253. The number of rotatable bonds is 1. The Kier molecular flexibility index (Phi) is 2.25. The number of hydrogen-bond donors (Lipinski definition) is 0. The van der Waals surface area contributed by atoms with Crippen LogP contribution in [0.15, 0.2) is 0 Å². The molecule has 0 N–H and O–H groups in total. The first-order chi connectivity index (χ1) is 6.48. The van der Waals surface area contributed by atoms with Gasteiger partial charge >= 0.3 is 5.97 Å². The molecule has 0 aromatic rings. The molecule has 0 aromatic heterocycles. The third-order valence-corrected chi connectivity index (χ3v) is 2.55. The molecule has 0 saturated carbocycles. The number of hydrogen-bond acceptors (Lipinski definition) is 5. The van der Waals surface area contributed by atoms with Gasteiger partial charge in [0.2, 0.25) is 0 Å².